The Hall–Kier alpha value is -2.24. The molecule has 1 aromatic heterocycles. The summed E-state index contributed by atoms with van der Waals surface area (Å²) < 4.78 is 0. The summed E-state index contributed by atoms with van der Waals surface area (Å²) in [6.45, 7) is 6.21. The van der Waals surface area contributed by atoms with Crippen LogP contribution >= 0.6 is 0 Å². The second kappa shape index (κ2) is 5.81. The molecule has 1 aliphatic heterocycles. The minimum Gasteiger partial charge on any atom is -0.310 e. The Kier molecular flexibility index (Phi) is 4.12. The van der Waals surface area contributed by atoms with Crippen LogP contribution in [0.4, 0.5) is 5.82 Å². The molecule has 106 valence electrons. The van der Waals surface area contributed by atoms with Gasteiger partial charge in [0.2, 0.25) is 5.91 Å². The highest BCUT2D eigenvalue weighted by atomic mass is 16.2. The minimum absolute atomic E-state index is 0.273. The third kappa shape index (κ3) is 3.01. The Balaban J connectivity index is 2.08. The van der Waals surface area contributed by atoms with Crippen molar-refractivity contribution in [2.45, 2.75) is 20.8 Å². The summed E-state index contributed by atoms with van der Waals surface area (Å²) in [7, 11) is 0. The molecule has 0 aliphatic carbocycles. The lowest BCUT2D eigenvalue weighted by molar-refractivity contribution is -0.136. The smallest absolute Gasteiger partial charge is 0.261 e. The first-order valence-corrected chi connectivity index (χ1v) is 6.57. The molecule has 0 spiro atoms. The van der Waals surface area contributed by atoms with E-state index in [2.05, 4.69) is 15.4 Å². The van der Waals surface area contributed by atoms with E-state index in [1.165, 1.54) is 5.01 Å². The third-order valence-electron chi connectivity index (χ3n) is 2.91. The number of nitrogens with one attached hydrogen (secondary N) is 1. The number of aromatic nitrogens is 1. The summed E-state index contributed by atoms with van der Waals surface area (Å²) in [5.74, 6) is -0.782. The van der Waals surface area contributed by atoms with Crippen molar-refractivity contribution in [1.82, 2.24) is 9.99 Å². The monoisotopic (exact) mass is 274 g/mol. The van der Waals surface area contributed by atoms with Crippen molar-refractivity contribution in [2.24, 2.45) is 16.9 Å². The lowest BCUT2D eigenvalue weighted by Gasteiger charge is -2.16. The summed E-state index contributed by atoms with van der Waals surface area (Å²) in [6.07, 6.45) is 1.58. The van der Waals surface area contributed by atoms with Gasteiger partial charge in [-0.2, -0.15) is 5.10 Å². The van der Waals surface area contributed by atoms with E-state index in [0.717, 1.165) is 0 Å². The van der Waals surface area contributed by atoms with E-state index in [-0.39, 0.29) is 11.8 Å². The van der Waals surface area contributed by atoms with Gasteiger partial charge in [-0.25, -0.2) is 9.99 Å². The van der Waals surface area contributed by atoms with Crippen LogP contribution in [0.2, 0.25) is 0 Å². The molecular weight excluding hydrogens is 256 g/mol. The van der Waals surface area contributed by atoms with Crippen LogP contribution in [0, 0.1) is 11.8 Å². The molecular formula is C14H18N4O2. The van der Waals surface area contributed by atoms with Gasteiger partial charge in [-0.1, -0.05) is 19.9 Å². The number of anilines is 1. The van der Waals surface area contributed by atoms with E-state index in [0.29, 0.717) is 24.0 Å². The molecule has 0 fully saturated rings. The molecule has 0 saturated carbocycles. The first-order valence-electron chi connectivity index (χ1n) is 6.57. The van der Waals surface area contributed by atoms with E-state index in [1.54, 1.807) is 31.3 Å². The van der Waals surface area contributed by atoms with Gasteiger partial charge in [-0.05, 0) is 25.0 Å². The molecule has 0 aromatic carbocycles. The Bertz CT molecular complexity index is 539. The molecule has 0 saturated heterocycles. The van der Waals surface area contributed by atoms with Crippen molar-refractivity contribution in [3.8, 4) is 0 Å². The van der Waals surface area contributed by atoms with Crippen LogP contribution in [-0.4, -0.2) is 34.1 Å². The maximum atomic E-state index is 12.2. The van der Waals surface area contributed by atoms with Gasteiger partial charge in [-0.15, -0.1) is 0 Å². The van der Waals surface area contributed by atoms with Gasteiger partial charge in [0.15, 0.2) is 5.92 Å². The molecule has 6 nitrogen and oxygen atoms in total. The van der Waals surface area contributed by atoms with Crippen molar-refractivity contribution in [1.29, 1.82) is 0 Å². The molecule has 2 amide bonds. The van der Waals surface area contributed by atoms with Crippen LogP contribution in [0.5, 0.6) is 0 Å². The highest BCUT2D eigenvalue weighted by Gasteiger charge is 2.39. The molecule has 20 heavy (non-hydrogen) atoms. The minimum atomic E-state index is -0.851. The fourth-order valence-corrected chi connectivity index (χ4v) is 2.04. The number of nitrogens with zero attached hydrogens (tertiary/aromatic N) is 3. The number of hydrazone groups is 1. The fourth-order valence-electron chi connectivity index (χ4n) is 2.04. The summed E-state index contributed by atoms with van der Waals surface area (Å²) in [4.78, 5) is 28.4. The Morgan fingerprint density at radius 1 is 1.45 bits per heavy atom. The molecule has 2 heterocycles. The van der Waals surface area contributed by atoms with Crippen LogP contribution < -0.4 is 5.32 Å². The van der Waals surface area contributed by atoms with Gasteiger partial charge in [-0.3, -0.25) is 9.59 Å². The Labute approximate surface area is 117 Å². The summed E-state index contributed by atoms with van der Waals surface area (Å²) in [6, 6.07) is 5.20. The number of rotatable bonds is 4. The maximum Gasteiger partial charge on any atom is 0.261 e. The van der Waals surface area contributed by atoms with Crippen molar-refractivity contribution in [3.05, 3.63) is 24.4 Å². The molecule has 0 bridgehead atoms. The van der Waals surface area contributed by atoms with Crippen molar-refractivity contribution >= 4 is 23.3 Å². The van der Waals surface area contributed by atoms with E-state index in [1.807, 2.05) is 13.8 Å². The molecule has 1 aliphatic rings. The normalized spacial score (nSPS) is 18.4. The van der Waals surface area contributed by atoms with Crippen LogP contribution in [0.25, 0.3) is 0 Å². The summed E-state index contributed by atoms with van der Waals surface area (Å²) in [5, 5.41) is 8.19. The summed E-state index contributed by atoms with van der Waals surface area (Å²) in [5.41, 5.74) is 0.518. The van der Waals surface area contributed by atoms with Gasteiger partial charge < -0.3 is 5.32 Å². The first kappa shape index (κ1) is 14.2. The molecule has 6 heteroatoms. The molecule has 1 atom stereocenters. The SMILES string of the molecule is CC1=NN(CC(C)C)C(=O)[C@@H]1C(=O)Nc1ccccn1. The zero-order valence-corrected chi connectivity index (χ0v) is 11.8. The lowest BCUT2D eigenvalue weighted by Crippen LogP contribution is -2.37. The van der Waals surface area contributed by atoms with Gasteiger partial charge in [0, 0.05) is 12.7 Å². The average Bonchev–Trinajstić information content (AvgIpc) is 2.64. The standard InChI is InChI=1S/C14H18N4O2/c1-9(2)8-18-14(20)12(10(3)17-18)13(19)16-11-6-4-5-7-15-11/h4-7,9,12H,8H2,1-3H3,(H,15,16,19)/t12-/m0/s1. The molecule has 0 radical (unpaired) electrons. The highest BCUT2D eigenvalue weighted by Crippen LogP contribution is 2.18. The van der Waals surface area contributed by atoms with Gasteiger partial charge >= 0.3 is 0 Å². The molecule has 2 rings (SSSR count). The second-order valence-corrected chi connectivity index (χ2v) is 5.19. The number of pyridine rings is 1. The number of carbonyl (C=O) groups excluding carboxylic acids is 2. The molecule has 1 N–H and O–H groups in total. The molecule has 1 aromatic rings. The quantitative estimate of drug-likeness (QED) is 0.846. The predicted molar refractivity (Wildman–Crippen MR) is 76.0 cm³/mol. The van der Waals surface area contributed by atoms with Gasteiger partial charge in [0.05, 0.1) is 5.71 Å². The van der Waals surface area contributed by atoms with Gasteiger partial charge in [0.25, 0.3) is 5.91 Å². The zero-order chi connectivity index (χ0) is 14.7. The van der Waals surface area contributed by atoms with E-state index in [4.69, 9.17) is 0 Å². The van der Waals surface area contributed by atoms with Crippen LogP contribution in [0.3, 0.4) is 0 Å². The largest absolute Gasteiger partial charge is 0.310 e. The fraction of sp³-hybridized carbons (Fsp3) is 0.429. The first-order chi connectivity index (χ1) is 9.49. The van der Waals surface area contributed by atoms with Crippen LogP contribution in [0.1, 0.15) is 20.8 Å². The van der Waals surface area contributed by atoms with Crippen LogP contribution in [-0.2, 0) is 9.59 Å². The number of amides is 2. The van der Waals surface area contributed by atoms with E-state index < -0.39 is 5.92 Å². The van der Waals surface area contributed by atoms with Gasteiger partial charge in [0.1, 0.15) is 5.82 Å². The maximum absolute atomic E-state index is 12.2. The van der Waals surface area contributed by atoms with E-state index in [9.17, 15) is 9.59 Å². The topological polar surface area (TPSA) is 74.7 Å². The van der Waals surface area contributed by atoms with Crippen molar-refractivity contribution in [2.75, 3.05) is 11.9 Å². The molecule has 0 unspecified atom stereocenters. The van der Waals surface area contributed by atoms with Crippen molar-refractivity contribution in [3.63, 3.8) is 0 Å². The number of carbonyl (C=O) groups is 2. The second-order valence-electron chi connectivity index (χ2n) is 5.19. The van der Waals surface area contributed by atoms with Crippen LogP contribution in [0.15, 0.2) is 29.5 Å². The number of hydrogen-bond acceptors (Lipinski definition) is 4. The lowest BCUT2D eigenvalue weighted by atomic mass is 10.0. The highest BCUT2D eigenvalue weighted by molar-refractivity contribution is 6.24. The third-order valence-corrected chi connectivity index (χ3v) is 2.91. The summed E-state index contributed by atoms with van der Waals surface area (Å²) >= 11 is 0. The zero-order valence-electron chi connectivity index (χ0n) is 11.8. The predicted octanol–water partition coefficient (Wildman–Crippen LogP) is 1.51. The number of hydrogen-bond donors (Lipinski definition) is 1. The average molecular weight is 274 g/mol. The van der Waals surface area contributed by atoms with E-state index >= 15 is 0 Å². The Morgan fingerprint density at radius 3 is 2.80 bits per heavy atom. The Morgan fingerprint density at radius 2 is 2.20 bits per heavy atom. The van der Waals surface area contributed by atoms with Crippen molar-refractivity contribution < 1.29 is 9.59 Å².